The Morgan fingerprint density at radius 3 is 2.96 bits per heavy atom. The highest BCUT2D eigenvalue weighted by molar-refractivity contribution is 7.80. The first-order chi connectivity index (χ1) is 13.5. The fourth-order valence-corrected chi connectivity index (χ4v) is 3.76. The molecule has 152 valence electrons. The van der Waals surface area contributed by atoms with Gasteiger partial charge in [0, 0.05) is 32.4 Å². The number of nitrogens with zero attached hydrogens (tertiary/aromatic N) is 1. The van der Waals surface area contributed by atoms with Crippen LogP contribution in [0.25, 0.3) is 10.9 Å². The van der Waals surface area contributed by atoms with Crippen molar-refractivity contribution in [2.75, 3.05) is 33.4 Å². The van der Waals surface area contributed by atoms with Crippen LogP contribution in [0.4, 0.5) is 0 Å². The number of hydrogen-bond donors (Lipinski definition) is 2. The lowest BCUT2D eigenvalue weighted by molar-refractivity contribution is 0.0895. The van der Waals surface area contributed by atoms with Crippen molar-refractivity contribution in [3.63, 3.8) is 0 Å². The Labute approximate surface area is 171 Å². The molecule has 1 fully saturated rings. The maximum atomic E-state index is 12.8. The van der Waals surface area contributed by atoms with Gasteiger partial charge in [-0.2, -0.15) is 0 Å². The zero-order valence-electron chi connectivity index (χ0n) is 16.8. The number of hydrogen-bond acceptors (Lipinski definition) is 4. The molecule has 1 aliphatic heterocycles. The minimum absolute atomic E-state index is 0.0711. The van der Waals surface area contributed by atoms with Crippen molar-refractivity contribution in [3.05, 3.63) is 45.2 Å². The van der Waals surface area contributed by atoms with E-state index < -0.39 is 0 Å². The van der Waals surface area contributed by atoms with Crippen LogP contribution < -0.4 is 10.9 Å². The van der Waals surface area contributed by atoms with E-state index in [1.807, 2.05) is 17.9 Å². The highest BCUT2D eigenvalue weighted by atomic mass is 32.1. The van der Waals surface area contributed by atoms with E-state index in [0.717, 1.165) is 35.9 Å². The van der Waals surface area contributed by atoms with Crippen LogP contribution in [0, 0.1) is 13.8 Å². The van der Waals surface area contributed by atoms with Crippen molar-refractivity contribution in [2.45, 2.75) is 39.3 Å². The molecule has 1 unspecified atom stereocenters. The molecular formula is C21H29N3O3S. The van der Waals surface area contributed by atoms with E-state index >= 15 is 0 Å². The van der Waals surface area contributed by atoms with Crippen LogP contribution in [0.2, 0.25) is 0 Å². The highest BCUT2D eigenvalue weighted by Crippen LogP contribution is 2.20. The molecular weight excluding hydrogens is 374 g/mol. The van der Waals surface area contributed by atoms with Gasteiger partial charge in [0.1, 0.15) is 0 Å². The van der Waals surface area contributed by atoms with E-state index in [9.17, 15) is 4.79 Å². The molecule has 2 N–H and O–H groups in total. The molecule has 0 bridgehead atoms. The van der Waals surface area contributed by atoms with Gasteiger partial charge in [-0.05, 0) is 61.5 Å². The maximum absolute atomic E-state index is 12.8. The van der Waals surface area contributed by atoms with E-state index in [1.165, 1.54) is 5.56 Å². The average Bonchev–Trinajstić information content (AvgIpc) is 3.19. The minimum Gasteiger partial charge on any atom is -0.383 e. The number of nitrogens with one attached hydrogen (secondary N) is 2. The molecule has 1 aromatic heterocycles. The molecule has 1 aliphatic rings. The summed E-state index contributed by atoms with van der Waals surface area (Å²) < 4.78 is 10.9. The number of fused-ring (bicyclic) bond motifs is 1. The van der Waals surface area contributed by atoms with E-state index in [4.69, 9.17) is 21.7 Å². The molecule has 1 atom stereocenters. The normalized spacial score (nSPS) is 16.5. The van der Waals surface area contributed by atoms with Gasteiger partial charge >= 0.3 is 0 Å². The molecule has 6 nitrogen and oxygen atoms in total. The Balaban J connectivity index is 1.84. The van der Waals surface area contributed by atoms with Crippen LogP contribution in [0.3, 0.4) is 0 Å². The number of pyridine rings is 1. The second-order valence-electron chi connectivity index (χ2n) is 7.34. The first-order valence-electron chi connectivity index (χ1n) is 9.75. The molecule has 1 aromatic carbocycles. The number of thiocarbonyl (C=S) groups is 1. The number of rotatable bonds is 7. The van der Waals surface area contributed by atoms with Crippen LogP contribution in [-0.2, 0) is 16.0 Å². The number of aromatic amines is 1. The number of ether oxygens (including phenoxy) is 2. The van der Waals surface area contributed by atoms with Crippen LogP contribution in [-0.4, -0.2) is 54.5 Å². The number of methoxy groups -OCH3 is 1. The second kappa shape index (κ2) is 9.49. The fraction of sp³-hybridized carbons (Fsp3) is 0.524. The van der Waals surface area contributed by atoms with Crippen molar-refractivity contribution in [3.8, 4) is 0 Å². The first kappa shape index (κ1) is 20.8. The summed E-state index contributed by atoms with van der Waals surface area (Å²) >= 11 is 5.59. The number of H-pyrrole nitrogens is 1. The summed E-state index contributed by atoms with van der Waals surface area (Å²) in [7, 11) is 1.66. The molecule has 2 heterocycles. The molecule has 2 aromatic rings. The minimum atomic E-state index is -0.0711. The predicted molar refractivity (Wildman–Crippen MR) is 116 cm³/mol. The van der Waals surface area contributed by atoms with Gasteiger partial charge < -0.3 is 24.7 Å². The van der Waals surface area contributed by atoms with Gasteiger partial charge in [0.05, 0.1) is 24.8 Å². The molecule has 3 rings (SSSR count). The smallest absolute Gasteiger partial charge is 0.253 e. The maximum Gasteiger partial charge on any atom is 0.253 e. The van der Waals surface area contributed by atoms with Crippen molar-refractivity contribution in [2.24, 2.45) is 0 Å². The summed E-state index contributed by atoms with van der Waals surface area (Å²) in [5.74, 6) is 0. The zero-order chi connectivity index (χ0) is 20.1. The average molecular weight is 404 g/mol. The van der Waals surface area contributed by atoms with E-state index in [0.29, 0.717) is 36.9 Å². The largest absolute Gasteiger partial charge is 0.383 e. The van der Waals surface area contributed by atoms with Gasteiger partial charge in [-0.15, -0.1) is 0 Å². The monoisotopic (exact) mass is 403 g/mol. The first-order valence-corrected chi connectivity index (χ1v) is 10.2. The Bertz CT molecular complexity index is 890. The van der Waals surface area contributed by atoms with Gasteiger partial charge in [-0.1, -0.05) is 12.1 Å². The third-order valence-electron chi connectivity index (χ3n) is 5.31. The number of benzene rings is 1. The molecule has 1 saturated heterocycles. The Kier molecular flexibility index (Phi) is 7.04. The molecule has 0 radical (unpaired) electrons. The van der Waals surface area contributed by atoms with Crippen LogP contribution in [0.15, 0.2) is 23.0 Å². The zero-order valence-corrected chi connectivity index (χ0v) is 17.7. The third-order valence-corrected chi connectivity index (χ3v) is 5.71. The molecule has 28 heavy (non-hydrogen) atoms. The summed E-state index contributed by atoms with van der Waals surface area (Å²) in [5.41, 5.74) is 3.80. The third kappa shape index (κ3) is 4.90. The SMILES string of the molecule is COCCNC(=S)N(Cc1cc2ccc(C)c(C)c2[nH]c1=O)CC1CCCO1. The summed E-state index contributed by atoms with van der Waals surface area (Å²) in [6.07, 6.45) is 2.23. The van der Waals surface area contributed by atoms with Crippen LogP contribution >= 0.6 is 12.2 Å². The highest BCUT2D eigenvalue weighted by Gasteiger charge is 2.22. The van der Waals surface area contributed by atoms with Crippen LogP contribution in [0.5, 0.6) is 0 Å². The van der Waals surface area contributed by atoms with Gasteiger partial charge in [-0.3, -0.25) is 4.79 Å². The number of aromatic nitrogens is 1. The lowest BCUT2D eigenvalue weighted by Gasteiger charge is -2.28. The van der Waals surface area contributed by atoms with Crippen molar-refractivity contribution in [1.82, 2.24) is 15.2 Å². The summed E-state index contributed by atoms with van der Waals surface area (Å²) in [4.78, 5) is 17.8. The predicted octanol–water partition coefficient (Wildman–Crippen LogP) is 2.65. The molecule has 0 spiro atoms. The van der Waals surface area contributed by atoms with Crippen molar-refractivity contribution in [1.29, 1.82) is 0 Å². The topological polar surface area (TPSA) is 66.6 Å². The Hall–Kier alpha value is -1.96. The van der Waals surface area contributed by atoms with Crippen molar-refractivity contribution < 1.29 is 9.47 Å². The Morgan fingerprint density at radius 1 is 1.43 bits per heavy atom. The van der Waals surface area contributed by atoms with Crippen LogP contribution in [0.1, 0.15) is 29.5 Å². The fourth-order valence-electron chi connectivity index (χ4n) is 3.52. The second-order valence-corrected chi connectivity index (χ2v) is 7.72. The summed E-state index contributed by atoms with van der Waals surface area (Å²) in [6.45, 7) is 7.19. The summed E-state index contributed by atoms with van der Waals surface area (Å²) in [6, 6.07) is 6.11. The van der Waals surface area contributed by atoms with E-state index in [1.54, 1.807) is 7.11 Å². The number of aryl methyl sites for hydroxylation is 2. The molecule has 0 saturated carbocycles. The standard InChI is InChI=1S/C21H29N3O3S/c1-14-6-7-16-11-17(20(25)23-19(16)15(14)2)12-24(13-18-5-4-9-27-18)21(28)22-8-10-26-3/h6-7,11,18H,4-5,8-10,12-13H2,1-3H3,(H,22,28)(H,23,25). The summed E-state index contributed by atoms with van der Waals surface area (Å²) in [5, 5.41) is 4.87. The van der Waals surface area contributed by atoms with Gasteiger partial charge in [0.25, 0.3) is 5.56 Å². The van der Waals surface area contributed by atoms with Gasteiger partial charge in [0.15, 0.2) is 5.11 Å². The molecule has 0 amide bonds. The van der Waals surface area contributed by atoms with Crippen molar-refractivity contribution >= 4 is 28.2 Å². The quantitative estimate of drug-likeness (QED) is 0.547. The Morgan fingerprint density at radius 2 is 2.25 bits per heavy atom. The lowest BCUT2D eigenvalue weighted by Crippen LogP contribution is -2.44. The van der Waals surface area contributed by atoms with E-state index in [2.05, 4.69) is 29.4 Å². The van der Waals surface area contributed by atoms with E-state index in [-0.39, 0.29) is 11.7 Å². The van der Waals surface area contributed by atoms with Gasteiger partial charge in [0.2, 0.25) is 0 Å². The molecule has 7 heteroatoms. The molecule has 0 aliphatic carbocycles. The lowest BCUT2D eigenvalue weighted by atomic mass is 10.0. The van der Waals surface area contributed by atoms with Gasteiger partial charge in [-0.25, -0.2) is 0 Å².